The zero-order valence-corrected chi connectivity index (χ0v) is 15.3. The van der Waals surface area contributed by atoms with Crippen molar-refractivity contribution in [3.63, 3.8) is 0 Å². The van der Waals surface area contributed by atoms with E-state index in [-0.39, 0.29) is 17.6 Å². The second-order valence-electron chi connectivity index (χ2n) is 7.24. The Labute approximate surface area is 149 Å². The van der Waals surface area contributed by atoms with Gasteiger partial charge in [-0.2, -0.15) is 0 Å². The molecular formula is C20H25N3O2. The summed E-state index contributed by atoms with van der Waals surface area (Å²) in [6, 6.07) is 13.8. The molecule has 0 bridgehead atoms. The minimum absolute atomic E-state index is 0.00737. The summed E-state index contributed by atoms with van der Waals surface area (Å²) in [5.74, 6) is 0.826. The van der Waals surface area contributed by atoms with Crippen molar-refractivity contribution in [3.05, 3.63) is 59.8 Å². The van der Waals surface area contributed by atoms with Crippen LogP contribution in [-0.2, 0) is 4.74 Å². The average Bonchev–Trinajstić information content (AvgIpc) is 2.62. The summed E-state index contributed by atoms with van der Waals surface area (Å²) in [7, 11) is 3.86. The van der Waals surface area contributed by atoms with E-state index >= 15 is 0 Å². The monoisotopic (exact) mass is 339 g/mol. The second kappa shape index (κ2) is 6.84. The number of morpholine rings is 1. The number of carbonyl (C=O) groups is 1. The van der Waals surface area contributed by atoms with Gasteiger partial charge >= 0.3 is 0 Å². The molecule has 1 aliphatic heterocycles. The molecule has 5 heteroatoms. The lowest BCUT2D eigenvalue weighted by Gasteiger charge is -2.45. The molecule has 1 amide bonds. The molecule has 0 spiro atoms. The molecule has 1 fully saturated rings. The maximum absolute atomic E-state index is 13.1. The lowest BCUT2D eigenvalue weighted by Crippen LogP contribution is -2.56. The van der Waals surface area contributed by atoms with Gasteiger partial charge < -0.3 is 14.5 Å². The Hall–Kier alpha value is -2.40. The minimum atomic E-state index is -0.359. The molecule has 0 radical (unpaired) electrons. The van der Waals surface area contributed by atoms with Crippen molar-refractivity contribution >= 4 is 11.7 Å². The highest BCUT2D eigenvalue weighted by Gasteiger charge is 2.39. The van der Waals surface area contributed by atoms with E-state index in [2.05, 4.69) is 4.98 Å². The molecule has 1 aromatic carbocycles. The molecule has 0 saturated carbocycles. The fourth-order valence-corrected chi connectivity index (χ4v) is 3.01. The Bertz CT molecular complexity index is 726. The molecule has 2 heterocycles. The van der Waals surface area contributed by atoms with Crippen LogP contribution in [0.1, 0.15) is 35.9 Å². The molecule has 0 N–H and O–H groups in total. The zero-order valence-electron chi connectivity index (χ0n) is 15.3. The first kappa shape index (κ1) is 17.4. The van der Waals surface area contributed by atoms with Gasteiger partial charge in [-0.1, -0.05) is 30.3 Å². The summed E-state index contributed by atoms with van der Waals surface area (Å²) in [4.78, 5) is 21.3. The van der Waals surface area contributed by atoms with Crippen LogP contribution >= 0.6 is 0 Å². The van der Waals surface area contributed by atoms with Crippen molar-refractivity contribution in [1.29, 1.82) is 0 Å². The predicted octanol–water partition coefficient (Wildman–Crippen LogP) is 3.14. The number of carbonyl (C=O) groups excluding carboxylic acids is 1. The van der Waals surface area contributed by atoms with Gasteiger partial charge in [0.2, 0.25) is 0 Å². The van der Waals surface area contributed by atoms with Crippen LogP contribution in [0.3, 0.4) is 0 Å². The third-order valence-electron chi connectivity index (χ3n) is 4.59. The molecule has 1 aromatic heterocycles. The number of ether oxygens (including phenoxy) is 1. The average molecular weight is 339 g/mol. The van der Waals surface area contributed by atoms with Crippen LogP contribution in [0.2, 0.25) is 0 Å². The van der Waals surface area contributed by atoms with Crippen LogP contribution in [0.25, 0.3) is 0 Å². The molecule has 3 rings (SSSR count). The first-order chi connectivity index (χ1) is 11.9. The predicted molar refractivity (Wildman–Crippen MR) is 98.8 cm³/mol. The third-order valence-corrected chi connectivity index (χ3v) is 4.59. The number of hydrogen-bond acceptors (Lipinski definition) is 4. The van der Waals surface area contributed by atoms with Crippen LogP contribution < -0.4 is 4.90 Å². The van der Waals surface area contributed by atoms with Crippen LogP contribution in [0.5, 0.6) is 0 Å². The van der Waals surface area contributed by atoms with E-state index in [4.69, 9.17) is 4.74 Å². The molecule has 0 unspecified atom stereocenters. The molecule has 1 saturated heterocycles. The lowest BCUT2D eigenvalue weighted by atomic mass is 9.97. The molecule has 0 aliphatic carbocycles. The maximum Gasteiger partial charge on any atom is 0.256 e. The summed E-state index contributed by atoms with van der Waals surface area (Å²) in [6.07, 6.45) is 1.55. The number of pyridine rings is 1. The Morgan fingerprint density at radius 1 is 1.20 bits per heavy atom. The van der Waals surface area contributed by atoms with Crippen molar-refractivity contribution in [2.75, 3.05) is 32.1 Å². The van der Waals surface area contributed by atoms with E-state index in [1.165, 1.54) is 0 Å². The lowest BCUT2D eigenvalue weighted by molar-refractivity contribution is -0.0846. The van der Waals surface area contributed by atoms with E-state index in [0.717, 1.165) is 11.4 Å². The molecule has 25 heavy (non-hydrogen) atoms. The van der Waals surface area contributed by atoms with Crippen molar-refractivity contribution < 1.29 is 9.53 Å². The summed E-state index contributed by atoms with van der Waals surface area (Å²) >= 11 is 0. The van der Waals surface area contributed by atoms with Crippen LogP contribution in [0.4, 0.5) is 5.82 Å². The number of amides is 1. The molecule has 132 valence electrons. The Kier molecular flexibility index (Phi) is 4.77. The third kappa shape index (κ3) is 3.66. The van der Waals surface area contributed by atoms with E-state index < -0.39 is 0 Å². The van der Waals surface area contributed by atoms with Gasteiger partial charge in [-0.05, 0) is 31.5 Å². The number of benzene rings is 1. The quantitative estimate of drug-likeness (QED) is 0.862. The molecule has 1 atom stereocenters. The van der Waals surface area contributed by atoms with Gasteiger partial charge in [0.15, 0.2) is 0 Å². The zero-order chi connectivity index (χ0) is 18.0. The van der Waals surface area contributed by atoms with Gasteiger partial charge in [0, 0.05) is 20.3 Å². The Morgan fingerprint density at radius 2 is 1.92 bits per heavy atom. The maximum atomic E-state index is 13.1. The smallest absolute Gasteiger partial charge is 0.256 e. The van der Waals surface area contributed by atoms with Gasteiger partial charge in [-0.3, -0.25) is 4.79 Å². The standard InChI is InChI=1S/C20H25N3O2/c1-20(2)14-25-17(15-8-6-5-7-9-15)13-23(20)19(24)16-10-11-18(21-12-16)22(3)4/h5-12,17H,13-14H2,1-4H3/t17-/m0/s1. The number of nitrogens with zero attached hydrogens (tertiary/aromatic N) is 3. The van der Waals surface area contributed by atoms with Crippen LogP contribution in [-0.4, -0.2) is 48.6 Å². The first-order valence-electron chi connectivity index (χ1n) is 8.50. The molecule has 5 nitrogen and oxygen atoms in total. The molecule has 2 aromatic rings. The summed E-state index contributed by atoms with van der Waals surface area (Å²) < 4.78 is 6.03. The summed E-state index contributed by atoms with van der Waals surface area (Å²) in [6.45, 7) is 5.11. The SMILES string of the molecule is CN(C)c1ccc(C(=O)N2C[C@@H](c3ccccc3)OCC2(C)C)cn1. The topological polar surface area (TPSA) is 45.7 Å². The summed E-state index contributed by atoms with van der Waals surface area (Å²) in [5.41, 5.74) is 1.34. The van der Waals surface area contributed by atoms with Gasteiger partial charge in [0.1, 0.15) is 11.9 Å². The van der Waals surface area contributed by atoms with Crippen LogP contribution in [0, 0.1) is 0 Å². The highest BCUT2D eigenvalue weighted by Crippen LogP contribution is 2.31. The van der Waals surface area contributed by atoms with Crippen LogP contribution in [0.15, 0.2) is 48.7 Å². The highest BCUT2D eigenvalue weighted by molar-refractivity contribution is 5.94. The highest BCUT2D eigenvalue weighted by atomic mass is 16.5. The van der Waals surface area contributed by atoms with Crippen molar-refractivity contribution in [2.45, 2.75) is 25.5 Å². The Balaban J connectivity index is 1.83. The van der Waals surface area contributed by atoms with Crippen molar-refractivity contribution in [1.82, 2.24) is 9.88 Å². The van der Waals surface area contributed by atoms with E-state index in [1.807, 2.05) is 80.2 Å². The Morgan fingerprint density at radius 3 is 2.52 bits per heavy atom. The number of anilines is 1. The summed E-state index contributed by atoms with van der Waals surface area (Å²) in [5, 5.41) is 0. The first-order valence-corrected chi connectivity index (χ1v) is 8.50. The number of rotatable bonds is 3. The normalized spacial score (nSPS) is 19.5. The number of hydrogen-bond donors (Lipinski definition) is 0. The molecule has 1 aliphatic rings. The van der Waals surface area contributed by atoms with Gasteiger partial charge in [0.05, 0.1) is 24.3 Å². The van der Waals surface area contributed by atoms with E-state index in [1.54, 1.807) is 6.20 Å². The second-order valence-corrected chi connectivity index (χ2v) is 7.24. The minimum Gasteiger partial charge on any atom is -0.369 e. The largest absolute Gasteiger partial charge is 0.369 e. The fraction of sp³-hybridized carbons (Fsp3) is 0.400. The fourth-order valence-electron chi connectivity index (χ4n) is 3.01. The van der Waals surface area contributed by atoms with Gasteiger partial charge in [0.25, 0.3) is 5.91 Å². The van der Waals surface area contributed by atoms with Crippen molar-refractivity contribution in [2.24, 2.45) is 0 Å². The van der Waals surface area contributed by atoms with E-state index in [9.17, 15) is 4.79 Å². The number of aromatic nitrogens is 1. The van der Waals surface area contributed by atoms with E-state index in [0.29, 0.717) is 18.7 Å². The molecular weight excluding hydrogens is 314 g/mol. The van der Waals surface area contributed by atoms with Crippen molar-refractivity contribution in [3.8, 4) is 0 Å². The van der Waals surface area contributed by atoms with Gasteiger partial charge in [-0.25, -0.2) is 4.98 Å². The van der Waals surface area contributed by atoms with Gasteiger partial charge in [-0.15, -0.1) is 0 Å².